The molecule has 64 heavy (non-hydrogen) atoms. The lowest BCUT2D eigenvalue weighted by atomic mass is 10.1. The van der Waals surface area contributed by atoms with Crippen LogP contribution in [0.5, 0.6) is 0 Å². The van der Waals surface area contributed by atoms with Crippen LogP contribution in [0.3, 0.4) is 0 Å². The Kier molecular flexibility index (Phi) is 40.2. The number of esters is 2. The maximum absolute atomic E-state index is 12.6. The number of unbranched alkanes of at least 4 members (excludes halogenated alkanes) is 5. The van der Waals surface area contributed by atoms with Gasteiger partial charge in [-0.1, -0.05) is 149 Å². The fourth-order valence-corrected chi connectivity index (χ4v) is 6.38. The van der Waals surface area contributed by atoms with Gasteiger partial charge < -0.3 is 34.4 Å². The summed E-state index contributed by atoms with van der Waals surface area (Å²) in [6, 6.07) is 0. The van der Waals surface area contributed by atoms with E-state index in [9.17, 15) is 33.8 Å². The molecule has 0 saturated heterocycles. The Morgan fingerprint density at radius 1 is 0.500 bits per heavy atom. The standard InChI is InChI=1S/C48H78O14P2/c1-3-5-7-8-9-10-11-12-13-14-15-16-17-18-23-26-29-32-35-39-48(52)62-46(43-61-64(56,57)60-41-45(50)40-59-63(53,54)55)42-58-47(51)38-34-31-28-25-22-20-19-21-24-27-30-33-37-44(49)36-6-4-2/h9-10,12-13,15-16,18-20,23-25,27-29,32-33,37,44-46,49-50H,3-8,11,14,17,21-22,26,30-31,34-36,38-43H2,1-2H3,(H,56,57)(H2,53,54,55)/b10-9-,13-12-,16-15-,20-19-,23-18-,27-24-,28-25-,32-29-,37-33-/t44-,45-,46+/m0/s1. The molecule has 0 rings (SSSR count). The van der Waals surface area contributed by atoms with E-state index in [0.29, 0.717) is 25.7 Å². The smallest absolute Gasteiger partial charge is 0.462 e. The molecule has 4 atom stereocenters. The summed E-state index contributed by atoms with van der Waals surface area (Å²) in [5.41, 5.74) is 0. The molecular weight excluding hydrogens is 862 g/mol. The predicted octanol–water partition coefficient (Wildman–Crippen LogP) is 10.9. The van der Waals surface area contributed by atoms with Gasteiger partial charge in [0.1, 0.15) is 12.7 Å². The summed E-state index contributed by atoms with van der Waals surface area (Å²) in [5.74, 6) is -1.23. The van der Waals surface area contributed by atoms with E-state index in [4.69, 9.17) is 23.8 Å². The van der Waals surface area contributed by atoms with Crippen molar-refractivity contribution in [1.29, 1.82) is 0 Å². The largest absolute Gasteiger partial charge is 0.472 e. The summed E-state index contributed by atoms with van der Waals surface area (Å²) in [7, 11) is -9.74. The number of aliphatic hydroxyl groups excluding tert-OH is 2. The molecule has 5 N–H and O–H groups in total. The zero-order valence-electron chi connectivity index (χ0n) is 38.2. The van der Waals surface area contributed by atoms with E-state index in [1.165, 1.54) is 19.3 Å². The van der Waals surface area contributed by atoms with E-state index in [1.54, 1.807) is 0 Å². The van der Waals surface area contributed by atoms with Gasteiger partial charge in [0.05, 0.1) is 25.9 Å². The highest BCUT2D eigenvalue weighted by Gasteiger charge is 2.28. The minimum atomic E-state index is -4.89. The van der Waals surface area contributed by atoms with Crippen molar-refractivity contribution in [3.05, 3.63) is 109 Å². The molecule has 0 aromatic rings. The highest BCUT2D eigenvalue weighted by atomic mass is 31.2. The summed E-state index contributed by atoms with van der Waals surface area (Å²) in [4.78, 5) is 52.7. The van der Waals surface area contributed by atoms with Gasteiger partial charge >= 0.3 is 27.6 Å². The fraction of sp³-hybridized carbons (Fsp3) is 0.583. The molecular formula is C48H78O14P2. The zero-order chi connectivity index (χ0) is 47.4. The van der Waals surface area contributed by atoms with Crippen LogP contribution in [0.2, 0.25) is 0 Å². The number of rotatable bonds is 41. The molecule has 0 amide bonds. The number of carbonyl (C=O) groups is 2. The van der Waals surface area contributed by atoms with E-state index in [1.807, 2.05) is 48.6 Å². The second kappa shape index (κ2) is 42.4. The van der Waals surface area contributed by atoms with Crippen molar-refractivity contribution < 1.29 is 66.7 Å². The van der Waals surface area contributed by atoms with Crippen LogP contribution in [-0.4, -0.2) is 81.6 Å². The molecule has 0 bridgehead atoms. The average Bonchev–Trinajstić information content (AvgIpc) is 3.25. The highest BCUT2D eigenvalue weighted by molar-refractivity contribution is 7.47. The van der Waals surface area contributed by atoms with Crippen LogP contribution in [0.25, 0.3) is 0 Å². The Morgan fingerprint density at radius 3 is 1.47 bits per heavy atom. The molecule has 0 aliphatic heterocycles. The average molecular weight is 941 g/mol. The molecule has 0 aliphatic carbocycles. The SMILES string of the molecule is CCCCC/C=C\C/C=C\C/C=C\C/C=C\C/C=C\CCC(=O)O[C@H](COC(=O)CCC/C=C\C/C=C\C/C=C\C/C=C\[C@@H](O)CCCC)COP(=O)(O)OC[C@@H](O)COP(=O)(O)O. The normalized spacial score (nSPS) is 15.4. The molecule has 0 aromatic carbocycles. The number of aliphatic hydroxyl groups is 2. The summed E-state index contributed by atoms with van der Waals surface area (Å²) in [5, 5.41) is 19.6. The lowest BCUT2D eigenvalue weighted by Gasteiger charge is -2.20. The van der Waals surface area contributed by atoms with E-state index in [2.05, 4.69) is 83.7 Å². The number of carbonyl (C=O) groups excluding carboxylic acids is 2. The minimum Gasteiger partial charge on any atom is -0.462 e. The molecule has 0 aliphatic rings. The van der Waals surface area contributed by atoms with Crippen LogP contribution in [0.15, 0.2) is 109 Å². The van der Waals surface area contributed by atoms with Gasteiger partial charge in [-0.25, -0.2) is 9.13 Å². The van der Waals surface area contributed by atoms with Gasteiger partial charge in [0, 0.05) is 12.8 Å². The second-order valence-corrected chi connectivity index (χ2v) is 17.5. The molecule has 0 fully saturated rings. The third-order valence-electron chi connectivity index (χ3n) is 8.71. The third kappa shape index (κ3) is 45.3. The van der Waals surface area contributed by atoms with Crippen LogP contribution in [0.4, 0.5) is 0 Å². The Balaban J connectivity index is 4.76. The maximum atomic E-state index is 12.6. The molecule has 364 valence electrons. The number of ether oxygens (including phenoxy) is 2. The monoisotopic (exact) mass is 940 g/mol. The van der Waals surface area contributed by atoms with Crippen molar-refractivity contribution in [3.8, 4) is 0 Å². The fourth-order valence-electron chi connectivity index (χ4n) is 5.22. The van der Waals surface area contributed by atoms with Gasteiger partial charge in [0.25, 0.3) is 0 Å². The Morgan fingerprint density at radius 2 is 0.953 bits per heavy atom. The van der Waals surface area contributed by atoms with Gasteiger partial charge in [0.15, 0.2) is 6.10 Å². The van der Waals surface area contributed by atoms with Crippen molar-refractivity contribution in [2.24, 2.45) is 0 Å². The molecule has 0 aromatic heterocycles. The lowest BCUT2D eigenvalue weighted by molar-refractivity contribution is -0.161. The number of phosphoric ester groups is 2. The van der Waals surface area contributed by atoms with Crippen LogP contribution in [0.1, 0.15) is 136 Å². The quantitative estimate of drug-likeness (QED) is 0.0167. The van der Waals surface area contributed by atoms with Crippen LogP contribution in [0, 0.1) is 0 Å². The van der Waals surface area contributed by atoms with Crippen molar-refractivity contribution in [2.45, 2.75) is 154 Å². The van der Waals surface area contributed by atoms with Gasteiger partial charge in [-0.2, -0.15) is 0 Å². The Labute approximate surface area is 383 Å². The van der Waals surface area contributed by atoms with E-state index >= 15 is 0 Å². The first-order valence-corrected chi connectivity index (χ1v) is 25.7. The van der Waals surface area contributed by atoms with E-state index < -0.39 is 66.2 Å². The summed E-state index contributed by atoms with van der Waals surface area (Å²) in [6.07, 6.45) is 48.6. The Hall–Kier alpha value is -3.26. The first-order chi connectivity index (χ1) is 30.8. The predicted molar refractivity (Wildman–Crippen MR) is 254 cm³/mol. The number of hydrogen-bond donors (Lipinski definition) is 5. The van der Waals surface area contributed by atoms with Gasteiger partial charge in [0.2, 0.25) is 0 Å². The molecule has 0 heterocycles. The summed E-state index contributed by atoms with van der Waals surface area (Å²) >= 11 is 0. The topological polar surface area (TPSA) is 216 Å². The molecule has 0 spiro atoms. The van der Waals surface area contributed by atoms with Crippen LogP contribution >= 0.6 is 15.6 Å². The number of hydrogen-bond acceptors (Lipinski definition) is 11. The van der Waals surface area contributed by atoms with Gasteiger partial charge in [-0.05, 0) is 83.5 Å². The second-order valence-electron chi connectivity index (χ2n) is 14.8. The van der Waals surface area contributed by atoms with Crippen molar-refractivity contribution in [1.82, 2.24) is 0 Å². The first kappa shape index (κ1) is 60.7. The van der Waals surface area contributed by atoms with Crippen LogP contribution in [-0.2, 0) is 41.8 Å². The van der Waals surface area contributed by atoms with Crippen molar-refractivity contribution in [3.63, 3.8) is 0 Å². The first-order valence-electron chi connectivity index (χ1n) is 22.7. The maximum Gasteiger partial charge on any atom is 0.472 e. The number of allylic oxidation sites excluding steroid dienone is 17. The Bertz CT molecular complexity index is 1560. The number of phosphoric acid groups is 2. The third-order valence-corrected chi connectivity index (χ3v) is 10.1. The minimum absolute atomic E-state index is 0.0184. The van der Waals surface area contributed by atoms with E-state index in [-0.39, 0.29) is 18.9 Å². The molecule has 0 saturated carbocycles. The molecule has 14 nitrogen and oxygen atoms in total. The molecule has 0 radical (unpaired) electrons. The van der Waals surface area contributed by atoms with E-state index in [0.717, 1.165) is 64.2 Å². The van der Waals surface area contributed by atoms with Crippen molar-refractivity contribution in [2.75, 3.05) is 26.4 Å². The van der Waals surface area contributed by atoms with Gasteiger partial charge in [-0.15, -0.1) is 0 Å². The summed E-state index contributed by atoms with van der Waals surface area (Å²) < 4.78 is 47.6. The lowest BCUT2D eigenvalue weighted by Crippen LogP contribution is -2.29. The van der Waals surface area contributed by atoms with Gasteiger partial charge in [-0.3, -0.25) is 23.2 Å². The summed E-state index contributed by atoms with van der Waals surface area (Å²) in [6.45, 7) is 1.40. The molecule has 1 unspecified atom stereocenters. The highest BCUT2D eigenvalue weighted by Crippen LogP contribution is 2.43. The zero-order valence-corrected chi connectivity index (χ0v) is 40.0. The van der Waals surface area contributed by atoms with Crippen LogP contribution < -0.4 is 0 Å². The molecule has 16 heteroatoms. The van der Waals surface area contributed by atoms with Crippen molar-refractivity contribution >= 4 is 27.6 Å².